The van der Waals surface area contributed by atoms with E-state index in [1.807, 2.05) is 5.32 Å². The fraction of sp³-hybridized carbons (Fsp3) is 0.562. The standard InChI is InChI=1S/C16H20F3NO4S/c1-15(22,16(17,18)19)14(21)20-11-7-9-13(10-8-11)25(23,24)12-5-3-2-4-6-12/h7-10,12,22H,2-6H2,1H3,(H,20,21). The molecular formula is C16H20F3NO4S. The molecule has 1 aromatic rings. The lowest BCUT2D eigenvalue weighted by Gasteiger charge is -2.25. The lowest BCUT2D eigenvalue weighted by atomic mass is 10.0. The Kier molecular flexibility index (Phi) is 5.48. The summed E-state index contributed by atoms with van der Waals surface area (Å²) in [6.07, 6.45) is -1.23. The van der Waals surface area contributed by atoms with Gasteiger partial charge in [0.25, 0.3) is 5.91 Å². The molecule has 1 saturated carbocycles. The number of anilines is 1. The van der Waals surface area contributed by atoms with E-state index in [2.05, 4.69) is 0 Å². The summed E-state index contributed by atoms with van der Waals surface area (Å²) in [6, 6.07) is 4.92. The number of aliphatic hydroxyl groups is 1. The predicted octanol–water partition coefficient (Wildman–Crippen LogP) is 3.04. The molecule has 5 nitrogen and oxygen atoms in total. The molecule has 1 aliphatic rings. The molecule has 2 rings (SSSR count). The number of carbonyl (C=O) groups is 1. The number of carbonyl (C=O) groups excluding carboxylic acids is 1. The van der Waals surface area contributed by atoms with Crippen molar-refractivity contribution >= 4 is 21.4 Å². The van der Waals surface area contributed by atoms with Gasteiger partial charge in [-0.1, -0.05) is 19.3 Å². The highest BCUT2D eigenvalue weighted by atomic mass is 32.2. The molecule has 0 spiro atoms. The van der Waals surface area contributed by atoms with Gasteiger partial charge in [-0.25, -0.2) is 8.42 Å². The number of nitrogens with one attached hydrogen (secondary N) is 1. The summed E-state index contributed by atoms with van der Waals surface area (Å²) in [5.41, 5.74) is -3.57. The topological polar surface area (TPSA) is 83.5 Å². The van der Waals surface area contributed by atoms with E-state index in [1.54, 1.807) is 0 Å². The van der Waals surface area contributed by atoms with Crippen molar-refractivity contribution in [1.82, 2.24) is 0 Å². The molecule has 0 aromatic heterocycles. The van der Waals surface area contributed by atoms with E-state index >= 15 is 0 Å². The first kappa shape index (κ1) is 19.7. The molecule has 0 heterocycles. The van der Waals surface area contributed by atoms with Crippen molar-refractivity contribution in [3.05, 3.63) is 24.3 Å². The van der Waals surface area contributed by atoms with Gasteiger partial charge in [-0.05, 0) is 44.0 Å². The SMILES string of the molecule is CC(O)(C(=O)Nc1ccc(S(=O)(=O)C2CCCCC2)cc1)C(F)(F)F. The summed E-state index contributed by atoms with van der Waals surface area (Å²) >= 11 is 0. The lowest BCUT2D eigenvalue weighted by molar-refractivity contribution is -0.242. The van der Waals surface area contributed by atoms with Gasteiger partial charge in [0.1, 0.15) is 0 Å². The van der Waals surface area contributed by atoms with Crippen molar-refractivity contribution < 1.29 is 31.5 Å². The summed E-state index contributed by atoms with van der Waals surface area (Å²) in [5.74, 6) is -1.64. The van der Waals surface area contributed by atoms with Crippen LogP contribution < -0.4 is 5.32 Å². The largest absolute Gasteiger partial charge is 0.426 e. The molecule has 0 radical (unpaired) electrons. The van der Waals surface area contributed by atoms with E-state index in [9.17, 15) is 31.5 Å². The Bertz CT molecular complexity index is 721. The van der Waals surface area contributed by atoms with Crippen LogP contribution >= 0.6 is 0 Å². The van der Waals surface area contributed by atoms with Gasteiger partial charge in [-0.3, -0.25) is 4.79 Å². The fourth-order valence-electron chi connectivity index (χ4n) is 2.68. The Balaban J connectivity index is 2.13. The number of sulfone groups is 1. The highest BCUT2D eigenvalue weighted by Crippen LogP contribution is 2.32. The second-order valence-electron chi connectivity index (χ2n) is 6.35. The van der Waals surface area contributed by atoms with Crippen LogP contribution in [0.1, 0.15) is 39.0 Å². The highest BCUT2D eigenvalue weighted by Gasteiger charge is 2.55. The third kappa shape index (κ3) is 4.14. The molecule has 140 valence electrons. The van der Waals surface area contributed by atoms with Gasteiger partial charge in [-0.2, -0.15) is 13.2 Å². The molecule has 1 aromatic carbocycles. The predicted molar refractivity (Wildman–Crippen MR) is 85.8 cm³/mol. The molecule has 9 heteroatoms. The van der Waals surface area contributed by atoms with Gasteiger partial charge in [-0.15, -0.1) is 0 Å². The molecule has 0 bridgehead atoms. The lowest BCUT2D eigenvalue weighted by Crippen LogP contribution is -2.52. The minimum Gasteiger partial charge on any atom is -0.373 e. The quantitative estimate of drug-likeness (QED) is 0.842. The third-order valence-corrected chi connectivity index (χ3v) is 6.70. The molecular weight excluding hydrogens is 359 g/mol. The Hall–Kier alpha value is -1.61. The summed E-state index contributed by atoms with van der Waals surface area (Å²) < 4.78 is 62.9. The van der Waals surface area contributed by atoms with Crippen LogP contribution in [0.25, 0.3) is 0 Å². The maximum atomic E-state index is 12.6. The molecule has 1 atom stereocenters. The third-order valence-electron chi connectivity index (χ3n) is 4.43. The zero-order valence-electron chi connectivity index (χ0n) is 13.6. The Morgan fingerprint density at radius 2 is 1.64 bits per heavy atom. The van der Waals surface area contributed by atoms with Crippen LogP contribution in [0.15, 0.2) is 29.2 Å². The van der Waals surface area contributed by atoms with Gasteiger partial charge in [0.05, 0.1) is 10.1 Å². The van der Waals surface area contributed by atoms with Crippen LogP contribution in [0, 0.1) is 0 Å². The highest BCUT2D eigenvalue weighted by molar-refractivity contribution is 7.92. The number of alkyl halides is 3. The summed E-state index contributed by atoms with van der Waals surface area (Å²) in [5, 5.41) is 10.8. The number of benzene rings is 1. The number of halogens is 3. The summed E-state index contributed by atoms with van der Waals surface area (Å²) in [7, 11) is -3.50. The van der Waals surface area contributed by atoms with Crippen molar-refractivity contribution in [2.75, 3.05) is 5.32 Å². The normalized spacial score (nSPS) is 19.2. The van der Waals surface area contributed by atoms with Crippen LogP contribution in [0.2, 0.25) is 0 Å². The molecule has 1 unspecified atom stereocenters. The van der Waals surface area contributed by atoms with Crippen molar-refractivity contribution in [2.45, 2.75) is 61.0 Å². The Morgan fingerprint density at radius 3 is 2.12 bits per heavy atom. The van der Waals surface area contributed by atoms with Crippen LogP contribution in [0.4, 0.5) is 18.9 Å². The molecule has 1 aliphatic carbocycles. The van der Waals surface area contributed by atoms with Gasteiger partial charge in [0, 0.05) is 5.69 Å². The monoisotopic (exact) mass is 379 g/mol. The molecule has 0 saturated heterocycles. The first-order valence-corrected chi connectivity index (χ1v) is 9.45. The van der Waals surface area contributed by atoms with Crippen molar-refractivity contribution in [3.8, 4) is 0 Å². The molecule has 2 N–H and O–H groups in total. The van der Waals surface area contributed by atoms with Gasteiger partial charge in [0.15, 0.2) is 9.84 Å². The summed E-state index contributed by atoms with van der Waals surface area (Å²) in [4.78, 5) is 11.7. The minimum atomic E-state index is -5.12. The second kappa shape index (κ2) is 6.95. The first-order valence-electron chi connectivity index (χ1n) is 7.91. The zero-order chi connectivity index (χ0) is 18.9. The number of rotatable bonds is 4. The maximum Gasteiger partial charge on any atom is 0.426 e. The maximum absolute atomic E-state index is 12.6. The Labute approximate surface area is 144 Å². The second-order valence-corrected chi connectivity index (χ2v) is 8.58. The van der Waals surface area contributed by atoms with Crippen LogP contribution in [-0.2, 0) is 14.6 Å². The zero-order valence-corrected chi connectivity index (χ0v) is 14.5. The minimum absolute atomic E-state index is 0.0304. The number of hydrogen-bond donors (Lipinski definition) is 2. The number of hydrogen-bond acceptors (Lipinski definition) is 4. The average molecular weight is 379 g/mol. The van der Waals surface area contributed by atoms with Gasteiger partial charge in [0.2, 0.25) is 5.60 Å². The van der Waals surface area contributed by atoms with Crippen LogP contribution in [-0.4, -0.2) is 36.5 Å². The average Bonchev–Trinajstić information content (AvgIpc) is 2.55. The van der Waals surface area contributed by atoms with Crippen LogP contribution in [0.3, 0.4) is 0 Å². The van der Waals surface area contributed by atoms with Crippen LogP contribution in [0.5, 0.6) is 0 Å². The van der Waals surface area contributed by atoms with Gasteiger partial charge >= 0.3 is 6.18 Å². The van der Waals surface area contributed by atoms with Crippen molar-refractivity contribution in [3.63, 3.8) is 0 Å². The van der Waals surface area contributed by atoms with E-state index in [0.29, 0.717) is 19.8 Å². The molecule has 1 amide bonds. The first-order chi connectivity index (χ1) is 11.5. The summed E-state index contributed by atoms with van der Waals surface area (Å²) in [6.45, 7) is 0.351. The Morgan fingerprint density at radius 1 is 1.12 bits per heavy atom. The molecule has 1 fully saturated rings. The van der Waals surface area contributed by atoms with E-state index in [1.165, 1.54) is 24.3 Å². The van der Waals surface area contributed by atoms with Crippen molar-refractivity contribution in [1.29, 1.82) is 0 Å². The molecule has 25 heavy (non-hydrogen) atoms. The van der Waals surface area contributed by atoms with E-state index in [0.717, 1.165) is 19.3 Å². The fourth-order valence-corrected chi connectivity index (χ4v) is 4.53. The van der Waals surface area contributed by atoms with Gasteiger partial charge < -0.3 is 10.4 Å². The number of amides is 1. The smallest absolute Gasteiger partial charge is 0.373 e. The van der Waals surface area contributed by atoms with Crippen molar-refractivity contribution in [2.24, 2.45) is 0 Å². The molecule has 0 aliphatic heterocycles. The van der Waals surface area contributed by atoms with E-state index in [4.69, 9.17) is 0 Å². The van der Waals surface area contributed by atoms with E-state index in [-0.39, 0.29) is 10.6 Å². The van der Waals surface area contributed by atoms with E-state index < -0.39 is 32.8 Å².